The molecule has 1 aromatic carbocycles. The summed E-state index contributed by atoms with van der Waals surface area (Å²) in [6.45, 7) is 2.12. The first kappa shape index (κ1) is 12.9. The monoisotopic (exact) mass is 245 g/mol. The minimum absolute atomic E-state index is 0.0594. The maximum atomic E-state index is 13.3. The number of benzene rings is 1. The summed E-state index contributed by atoms with van der Waals surface area (Å²) in [5.74, 6) is -1.09. The van der Waals surface area contributed by atoms with Crippen molar-refractivity contribution in [3.63, 3.8) is 0 Å². The van der Waals surface area contributed by atoms with Gasteiger partial charge in [-0.25, -0.2) is 4.39 Å². The first-order valence-electron chi connectivity index (χ1n) is 4.80. The predicted molar refractivity (Wildman–Crippen MR) is 60.2 cm³/mol. The molecule has 0 saturated heterocycles. The Morgan fingerprint density at radius 1 is 1.62 bits per heavy atom. The van der Waals surface area contributed by atoms with E-state index in [0.29, 0.717) is 11.6 Å². The van der Waals surface area contributed by atoms with Crippen LogP contribution in [0, 0.1) is 5.82 Å². The van der Waals surface area contributed by atoms with E-state index in [1.165, 1.54) is 19.2 Å². The maximum Gasteiger partial charge on any atom is 0.254 e. The van der Waals surface area contributed by atoms with E-state index in [1.807, 2.05) is 0 Å². The smallest absolute Gasteiger partial charge is 0.254 e. The number of ether oxygens (including phenoxy) is 1. The minimum atomic E-state index is -0.591. The van der Waals surface area contributed by atoms with E-state index in [2.05, 4.69) is 5.32 Å². The van der Waals surface area contributed by atoms with Crippen molar-refractivity contribution >= 4 is 17.5 Å². The number of carbonyl (C=O) groups excluding carboxylic acids is 1. The van der Waals surface area contributed by atoms with Gasteiger partial charge in [-0.3, -0.25) is 4.79 Å². The second-order valence-electron chi connectivity index (χ2n) is 3.38. The Morgan fingerprint density at radius 2 is 2.31 bits per heavy atom. The number of amides is 1. The van der Waals surface area contributed by atoms with Gasteiger partial charge in [0.25, 0.3) is 5.91 Å². The molecule has 0 bridgehead atoms. The first-order chi connectivity index (χ1) is 7.54. The lowest BCUT2D eigenvalue weighted by atomic mass is 10.2. The van der Waals surface area contributed by atoms with E-state index in [1.54, 1.807) is 6.92 Å². The third-order valence-electron chi connectivity index (χ3n) is 2.13. The van der Waals surface area contributed by atoms with Crippen molar-refractivity contribution in [1.82, 2.24) is 5.32 Å². The number of halogens is 2. The van der Waals surface area contributed by atoms with Gasteiger partial charge in [-0.15, -0.1) is 0 Å². The lowest BCUT2D eigenvalue weighted by Gasteiger charge is -2.11. The summed E-state index contributed by atoms with van der Waals surface area (Å²) in [5, 5.41) is 2.88. The normalized spacial score (nSPS) is 12.2. The molecule has 3 nitrogen and oxygen atoms in total. The molecule has 0 saturated carbocycles. The molecule has 88 valence electrons. The van der Waals surface area contributed by atoms with Crippen LogP contribution in [0.3, 0.4) is 0 Å². The number of rotatable bonds is 4. The highest BCUT2D eigenvalue weighted by atomic mass is 35.5. The number of nitrogens with one attached hydrogen (secondary N) is 1. The number of carbonyl (C=O) groups is 1. The molecule has 1 amide bonds. The highest BCUT2D eigenvalue weighted by molar-refractivity contribution is 6.30. The Morgan fingerprint density at radius 3 is 2.94 bits per heavy atom. The largest absolute Gasteiger partial charge is 0.380 e. The van der Waals surface area contributed by atoms with Crippen LogP contribution in [0.5, 0.6) is 0 Å². The highest BCUT2D eigenvalue weighted by Crippen LogP contribution is 2.14. The summed E-state index contributed by atoms with van der Waals surface area (Å²) in [6, 6.07) is 3.85. The molecule has 0 fully saturated rings. The fraction of sp³-hybridized carbons (Fsp3) is 0.364. The molecule has 0 aliphatic carbocycles. The third-order valence-corrected chi connectivity index (χ3v) is 2.36. The fourth-order valence-electron chi connectivity index (χ4n) is 1.09. The Balaban J connectivity index is 2.69. The molecule has 1 N–H and O–H groups in total. The van der Waals surface area contributed by atoms with Crippen LogP contribution in [0.15, 0.2) is 18.2 Å². The van der Waals surface area contributed by atoms with Crippen LogP contribution >= 0.6 is 11.6 Å². The summed E-state index contributed by atoms with van der Waals surface area (Å²) >= 11 is 5.68. The van der Waals surface area contributed by atoms with Crippen LogP contribution in [-0.4, -0.2) is 25.7 Å². The molecule has 1 aromatic rings. The van der Waals surface area contributed by atoms with Gasteiger partial charge in [0.2, 0.25) is 0 Å². The molecule has 0 spiro atoms. The quantitative estimate of drug-likeness (QED) is 0.884. The van der Waals surface area contributed by atoms with E-state index in [9.17, 15) is 9.18 Å². The SMILES string of the molecule is COC(C)CNC(=O)c1cc(Cl)ccc1F. The molecule has 0 aromatic heterocycles. The molecule has 0 aliphatic heterocycles. The van der Waals surface area contributed by atoms with Crippen LogP contribution in [0.2, 0.25) is 5.02 Å². The van der Waals surface area contributed by atoms with Crippen LogP contribution in [0.1, 0.15) is 17.3 Å². The lowest BCUT2D eigenvalue weighted by Crippen LogP contribution is -2.32. The summed E-state index contributed by atoms with van der Waals surface area (Å²) in [4.78, 5) is 11.6. The van der Waals surface area contributed by atoms with Gasteiger partial charge in [0.05, 0.1) is 11.7 Å². The van der Waals surface area contributed by atoms with E-state index >= 15 is 0 Å². The molecule has 1 unspecified atom stereocenters. The zero-order valence-electron chi connectivity index (χ0n) is 9.09. The van der Waals surface area contributed by atoms with Crippen molar-refractivity contribution in [2.75, 3.05) is 13.7 Å². The Kier molecular flexibility index (Phi) is 4.71. The van der Waals surface area contributed by atoms with Gasteiger partial charge in [-0.2, -0.15) is 0 Å². The Bertz CT molecular complexity index is 384. The van der Waals surface area contributed by atoms with E-state index in [4.69, 9.17) is 16.3 Å². The second kappa shape index (κ2) is 5.82. The molecule has 5 heteroatoms. The molecule has 16 heavy (non-hydrogen) atoms. The molecule has 1 rings (SSSR count). The lowest BCUT2D eigenvalue weighted by molar-refractivity contribution is 0.0867. The van der Waals surface area contributed by atoms with Gasteiger partial charge in [0, 0.05) is 18.7 Å². The number of hydrogen-bond acceptors (Lipinski definition) is 2. The standard InChI is InChI=1S/C11H13ClFNO2/c1-7(16-2)6-14-11(15)9-5-8(12)3-4-10(9)13/h3-5,7H,6H2,1-2H3,(H,14,15). The van der Waals surface area contributed by atoms with Crippen molar-refractivity contribution in [3.8, 4) is 0 Å². The van der Waals surface area contributed by atoms with Gasteiger partial charge in [0.1, 0.15) is 5.82 Å². The fourth-order valence-corrected chi connectivity index (χ4v) is 1.26. The van der Waals surface area contributed by atoms with Crippen molar-refractivity contribution in [1.29, 1.82) is 0 Å². The highest BCUT2D eigenvalue weighted by Gasteiger charge is 2.12. The van der Waals surface area contributed by atoms with E-state index in [0.717, 1.165) is 6.07 Å². The van der Waals surface area contributed by atoms with Gasteiger partial charge in [-0.1, -0.05) is 11.6 Å². The van der Waals surface area contributed by atoms with E-state index < -0.39 is 11.7 Å². The van der Waals surface area contributed by atoms with Crippen molar-refractivity contribution < 1.29 is 13.9 Å². The van der Waals surface area contributed by atoms with Gasteiger partial charge < -0.3 is 10.1 Å². The molecular weight excluding hydrogens is 233 g/mol. The minimum Gasteiger partial charge on any atom is -0.380 e. The van der Waals surface area contributed by atoms with Crippen molar-refractivity contribution in [2.24, 2.45) is 0 Å². The zero-order chi connectivity index (χ0) is 12.1. The number of hydrogen-bond donors (Lipinski definition) is 1. The average molecular weight is 246 g/mol. The van der Waals surface area contributed by atoms with Crippen LogP contribution < -0.4 is 5.32 Å². The molecule has 0 heterocycles. The molecular formula is C11H13ClFNO2. The topological polar surface area (TPSA) is 38.3 Å². The summed E-state index contributed by atoms with van der Waals surface area (Å²) < 4.78 is 18.2. The van der Waals surface area contributed by atoms with Crippen molar-refractivity contribution in [3.05, 3.63) is 34.6 Å². The Labute approximate surface area is 98.5 Å². The van der Waals surface area contributed by atoms with Gasteiger partial charge >= 0.3 is 0 Å². The predicted octanol–water partition coefficient (Wildman–Crippen LogP) is 2.24. The third kappa shape index (κ3) is 3.47. The molecule has 0 aliphatic rings. The molecule has 0 radical (unpaired) electrons. The Hall–Kier alpha value is -1.13. The summed E-state index contributed by atoms with van der Waals surface area (Å²) in [7, 11) is 1.54. The first-order valence-corrected chi connectivity index (χ1v) is 5.18. The van der Waals surface area contributed by atoms with Gasteiger partial charge in [0.15, 0.2) is 0 Å². The maximum absolute atomic E-state index is 13.3. The van der Waals surface area contributed by atoms with Crippen LogP contribution in [-0.2, 0) is 4.74 Å². The summed E-state index contributed by atoms with van der Waals surface area (Å²) in [5.41, 5.74) is -0.0594. The van der Waals surface area contributed by atoms with Crippen LogP contribution in [0.25, 0.3) is 0 Å². The second-order valence-corrected chi connectivity index (χ2v) is 3.82. The van der Waals surface area contributed by atoms with Crippen molar-refractivity contribution in [2.45, 2.75) is 13.0 Å². The average Bonchev–Trinajstić information content (AvgIpc) is 2.28. The molecule has 1 atom stereocenters. The zero-order valence-corrected chi connectivity index (χ0v) is 9.84. The van der Waals surface area contributed by atoms with Crippen LogP contribution in [0.4, 0.5) is 4.39 Å². The van der Waals surface area contributed by atoms with E-state index in [-0.39, 0.29) is 11.7 Å². The number of methoxy groups -OCH3 is 1. The summed E-state index contributed by atoms with van der Waals surface area (Å²) in [6.07, 6.45) is -0.119. The van der Waals surface area contributed by atoms with Gasteiger partial charge in [-0.05, 0) is 25.1 Å².